The van der Waals surface area contributed by atoms with E-state index in [1.54, 1.807) is 13.3 Å². The Morgan fingerprint density at radius 3 is 2.80 bits per heavy atom. The van der Waals surface area contributed by atoms with Crippen molar-refractivity contribution < 1.29 is 4.74 Å². The number of rotatable bonds is 6. The van der Waals surface area contributed by atoms with Crippen LogP contribution in [-0.2, 0) is 4.74 Å². The molecule has 0 saturated heterocycles. The van der Waals surface area contributed by atoms with Crippen molar-refractivity contribution in [3.63, 3.8) is 0 Å². The van der Waals surface area contributed by atoms with Crippen LogP contribution in [-0.4, -0.2) is 25.2 Å². The highest BCUT2D eigenvalue weighted by Crippen LogP contribution is 2.29. The zero-order valence-corrected chi connectivity index (χ0v) is 12.4. The van der Waals surface area contributed by atoms with E-state index in [4.69, 9.17) is 10.5 Å². The molecule has 0 amide bonds. The van der Waals surface area contributed by atoms with Gasteiger partial charge in [-0.1, -0.05) is 13.8 Å². The Kier molecular flexibility index (Phi) is 4.45. The molecule has 0 atom stereocenters. The van der Waals surface area contributed by atoms with Crippen LogP contribution < -0.4 is 11.1 Å². The van der Waals surface area contributed by atoms with Crippen molar-refractivity contribution in [2.75, 3.05) is 31.3 Å². The Labute approximate surface area is 120 Å². The topological polar surface area (TPSA) is 60.2 Å². The van der Waals surface area contributed by atoms with E-state index in [1.807, 2.05) is 24.4 Å². The number of hydrogen-bond donors (Lipinski definition) is 2. The maximum atomic E-state index is 5.99. The van der Waals surface area contributed by atoms with Crippen molar-refractivity contribution >= 4 is 22.1 Å². The number of ether oxygens (including phenoxy) is 1. The number of anilines is 2. The first-order valence-corrected chi connectivity index (χ1v) is 6.88. The number of pyridine rings is 1. The highest BCUT2D eigenvalue weighted by Gasteiger charge is 2.17. The predicted molar refractivity (Wildman–Crippen MR) is 84.9 cm³/mol. The quantitative estimate of drug-likeness (QED) is 0.793. The number of aromatic nitrogens is 1. The van der Waals surface area contributed by atoms with Crippen LogP contribution in [0.15, 0.2) is 30.6 Å². The van der Waals surface area contributed by atoms with Gasteiger partial charge in [0.1, 0.15) is 0 Å². The van der Waals surface area contributed by atoms with E-state index in [1.165, 1.54) is 0 Å². The van der Waals surface area contributed by atoms with Crippen molar-refractivity contribution in [3.05, 3.63) is 30.6 Å². The average molecular weight is 273 g/mol. The summed E-state index contributed by atoms with van der Waals surface area (Å²) in [4.78, 5) is 4.14. The first-order valence-electron chi connectivity index (χ1n) is 6.88. The second kappa shape index (κ2) is 6.09. The van der Waals surface area contributed by atoms with E-state index in [0.717, 1.165) is 41.7 Å². The van der Waals surface area contributed by atoms with Gasteiger partial charge in [-0.25, -0.2) is 0 Å². The third-order valence-corrected chi connectivity index (χ3v) is 3.59. The van der Waals surface area contributed by atoms with E-state index in [2.05, 4.69) is 24.1 Å². The molecule has 2 aromatic rings. The molecule has 0 bridgehead atoms. The molecule has 0 radical (unpaired) electrons. The number of benzene rings is 1. The smallest absolute Gasteiger partial charge is 0.0468 e. The van der Waals surface area contributed by atoms with Gasteiger partial charge in [-0.05, 0) is 30.0 Å². The molecule has 1 aromatic heterocycles. The fraction of sp³-hybridized carbons (Fsp3) is 0.438. The highest BCUT2D eigenvalue weighted by atomic mass is 16.5. The molecule has 1 heterocycles. The molecule has 0 aliphatic carbocycles. The Morgan fingerprint density at radius 2 is 2.05 bits per heavy atom. The summed E-state index contributed by atoms with van der Waals surface area (Å²) in [6.07, 6.45) is 4.62. The molecule has 4 heteroatoms. The molecule has 0 unspecified atom stereocenters. The first-order chi connectivity index (χ1) is 9.53. The zero-order valence-electron chi connectivity index (χ0n) is 12.4. The molecule has 4 nitrogen and oxygen atoms in total. The molecular weight excluding hydrogens is 250 g/mol. The summed E-state index contributed by atoms with van der Waals surface area (Å²) >= 11 is 0. The van der Waals surface area contributed by atoms with Gasteiger partial charge >= 0.3 is 0 Å². The summed E-state index contributed by atoms with van der Waals surface area (Å²) in [7, 11) is 1.74. The number of hydrogen-bond acceptors (Lipinski definition) is 4. The van der Waals surface area contributed by atoms with Crippen LogP contribution in [0.3, 0.4) is 0 Å². The Hall–Kier alpha value is -1.81. The lowest BCUT2D eigenvalue weighted by Crippen LogP contribution is -2.24. The van der Waals surface area contributed by atoms with Gasteiger partial charge < -0.3 is 15.8 Å². The van der Waals surface area contributed by atoms with Gasteiger partial charge in [0.25, 0.3) is 0 Å². The van der Waals surface area contributed by atoms with Gasteiger partial charge in [0.05, 0.1) is 0 Å². The molecule has 1 aromatic carbocycles. The lowest BCUT2D eigenvalue weighted by molar-refractivity contribution is 0.157. The number of methoxy groups -OCH3 is 1. The summed E-state index contributed by atoms with van der Waals surface area (Å²) in [5.41, 5.74) is 8.03. The number of nitrogens with two attached hydrogens (primary N) is 1. The molecule has 0 spiro atoms. The second-order valence-corrected chi connectivity index (χ2v) is 5.88. The fourth-order valence-electron chi connectivity index (χ4n) is 2.17. The summed E-state index contributed by atoms with van der Waals surface area (Å²) in [5, 5.41) is 5.63. The van der Waals surface area contributed by atoms with Crippen molar-refractivity contribution in [2.24, 2.45) is 5.41 Å². The van der Waals surface area contributed by atoms with Crippen LogP contribution in [0, 0.1) is 5.41 Å². The van der Waals surface area contributed by atoms with Crippen molar-refractivity contribution in [3.8, 4) is 0 Å². The molecule has 0 aliphatic heterocycles. The van der Waals surface area contributed by atoms with Crippen LogP contribution >= 0.6 is 0 Å². The molecule has 20 heavy (non-hydrogen) atoms. The second-order valence-electron chi connectivity index (χ2n) is 5.88. The number of fused-ring (bicyclic) bond motifs is 1. The van der Waals surface area contributed by atoms with Gasteiger partial charge in [0.15, 0.2) is 0 Å². The molecule has 108 valence electrons. The molecule has 0 aliphatic rings. The third kappa shape index (κ3) is 3.39. The number of nitrogens with one attached hydrogen (secondary N) is 1. The van der Waals surface area contributed by atoms with Gasteiger partial charge in [-0.2, -0.15) is 0 Å². The summed E-state index contributed by atoms with van der Waals surface area (Å²) in [6, 6.07) is 5.95. The van der Waals surface area contributed by atoms with Crippen LogP contribution in [0.1, 0.15) is 20.3 Å². The lowest BCUT2D eigenvalue weighted by Gasteiger charge is -2.25. The monoisotopic (exact) mass is 273 g/mol. The minimum atomic E-state index is 0.177. The SMILES string of the molecule is COCCC(C)(C)CNc1ccc(N)c2cnccc12. The molecule has 2 rings (SSSR count). The Balaban J connectivity index is 2.16. The van der Waals surface area contributed by atoms with Gasteiger partial charge in [-0.15, -0.1) is 0 Å². The molecule has 0 fully saturated rings. The Bertz CT molecular complexity index is 581. The summed E-state index contributed by atoms with van der Waals surface area (Å²) < 4.78 is 5.16. The van der Waals surface area contributed by atoms with Crippen LogP contribution in [0.2, 0.25) is 0 Å². The Morgan fingerprint density at radius 1 is 1.25 bits per heavy atom. The van der Waals surface area contributed by atoms with Crippen molar-refractivity contribution in [1.82, 2.24) is 4.98 Å². The van der Waals surface area contributed by atoms with Crippen molar-refractivity contribution in [2.45, 2.75) is 20.3 Å². The minimum Gasteiger partial charge on any atom is -0.398 e. The first kappa shape index (κ1) is 14.6. The average Bonchev–Trinajstić information content (AvgIpc) is 2.45. The van der Waals surface area contributed by atoms with Crippen LogP contribution in [0.5, 0.6) is 0 Å². The van der Waals surface area contributed by atoms with Gasteiger partial charge in [-0.3, -0.25) is 4.98 Å². The minimum absolute atomic E-state index is 0.177. The van der Waals surface area contributed by atoms with E-state index >= 15 is 0 Å². The summed E-state index contributed by atoms with van der Waals surface area (Å²) in [5.74, 6) is 0. The number of nitrogen functional groups attached to an aromatic ring is 1. The van der Waals surface area contributed by atoms with E-state index in [-0.39, 0.29) is 5.41 Å². The maximum Gasteiger partial charge on any atom is 0.0468 e. The van der Waals surface area contributed by atoms with Crippen LogP contribution in [0.4, 0.5) is 11.4 Å². The lowest BCUT2D eigenvalue weighted by atomic mass is 9.89. The third-order valence-electron chi connectivity index (χ3n) is 3.59. The zero-order chi connectivity index (χ0) is 14.6. The molecular formula is C16H23N3O. The molecule has 3 N–H and O–H groups in total. The maximum absolute atomic E-state index is 5.99. The van der Waals surface area contributed by atoms with E-state index < -0.39 is 0 Å². The van der Waals surface area contributed by atoms with E-state index in [0.29, 0.717) is 0 Å². The molecule has 0 saturated carbocycles. The highest BCUT2D eigenvalue weighted by molar-refractivity contribution is 6.00. The van der Waals surface area contributed by atoms with Crippen molar-refractivity contribution in [1.29, 1.82) is 0 Å². The van der Waals surface area contributed by atoms with E-state index in [9.17, 15) is 0 Å². The largest absolute Gasteiger partial charge is 0.398 e. The predicted octanol–water partition coefficient (Wildman–Crippen LogP) is 3.29. The summed E-state index contributed by atoms with van der Waals surface area (Å²) in [6.45, 7) is 6.14. The van der Waals surface area contributed by atoms with Crippen LogP contribution in [0.25, 0.3) is 10.8 Å². The number of nitrogens with zero attached hydrogens (tertiary/aromatic N) is 1. The normalized spacial score (nSPS) is 11.8. The fourth-order valence-corrected chi connectivity index (χ4v) is 2.17. The van der Waals surface area contributed by atoms with Gasteiger partial charge in [0.2, 0.25) is 0 Å². The standard InChI is InChI=1S/C16H23N3O/c1-16(2,7-9-20-3)11-19-15-5-4-14(17)13-10-18-8-6-12(13)15/h4-6,8,10,19H,7,9,11,17H2,1-3H3. The van der Waals surface area contributed by atoms with Gasteiger partial charge in [0, 0.05) is 54.8 Å².